The first-order valence-corrected chi connectivity index (χ1v) is 12.0. The highest BCUT2D eigenvalue weighted by Crippen LogP contribution is 2.72. The Morgan fingerprint density at radius 3 is 2.65 bits per heavy atom. The smallest absolute Gasteiger partial charge is 0.316 e. The van der Waals surface area contributed by atoms with E-state index < -0.39 is 40.3 Å². The van der Waals surface area contributed by atoms with Gasteiger partial charge < -0.3 is 18.6 Å². The number of allylic oxidation sites excluding steroid dienone is 2. The van der Waals surface area contributed by atoms with Gasteiger partial charge in [0.25, 0.3) is 0 Å². The summed E-state index contributed by atoms with van der Waals surface area (Å²) in [6.07, 6.45) is 6.29. The maximum atomic E-state index is 13.7. The molecule has 2 saturated heterocycles. The molecule has 0 radical (unpaired) electrons. The summed E-state index contributed by atoms with van der Waals surface area (Å²) >= 11 is 0. The highest BCUT2D eigenvalue weighted by molar-refractivity contribution is 6.00. The van der Waals surface area contributed by atoms with Crippen LogP contribution in [0.5, 0.6) is 0 Å². The minimum atomic E-state index is -0.987. The average Bonchev–Trinajstić information content (AvgIpc) is 3.54. The lowest BCUT2D eigenvalue weighted by Crippen LogP contribution is -2.66. The fourth-order valence-electron chi connectivity index (χ4n) is 8.41. The highest BCUT2D eigenvalue weighted by atomic mass is 16.6. The topological polar surface area (TPSA) is 92.0 Å². The monoisotopic (exact) mass is 466 g/mol. The van der Waals surface area contributed by atoms with E-state index in [-0.39, 0.29) is 36.2 Å². The summed E-state index contributed by atoms with van der Waals surface area (Å²) in [6.45, 7) is 7.96. The molecule has 0 aromatic carbocycles. The number of ether oxygens (including phenoxy) is 3. The van der Waals surface area contributed by atoms with Gasteiger partial charge >= 0.3 is 11.9 Å². The van der Waals surface area contributed by atoms with Gasteiger partial charge in [0.2, 0.25) is 0 Å². The molecular weight excluding hydrogens is 436 g/mol. The lowest BCUT2D eigenvalue weighted by atomic mass is 9.42. The molecule has 1 aromatic heterocycles. The minimum absolute atomic E-state index is 0.0658. The summed E-state index contributed by atoms with van der Waals surface area (Å²) in [5.74, 6) is -1.46. The van der Waals surface area contributed by atoms with E-state index in [4.69, 9.17) is 18.6 Å². The number of ketones is 1. The molecule has 1 saturated carbocycles. The van der Waals surface area contributed by atoms with Gasteiger partial charge in [-0.15, -0.1) is 0 Å². The molecule has 3 fully saturated rings. The van der Waals surface area contributed by atoms with E-state index in [0.717, 1.165) is 17.6 Å². The van der Waals surface area contributed by atoms with Gasteiger partial charge in [0, 0.05) is 22.7 Å². The van der Waals surface area contributed by atoms with Gasteiger partial charge in [-0.05, 0) is 49.5 Å². The van der Waals surface area contributed by atoms with Crippen LogP contribution in [0.3, 0.4) is 0 Å². The predicted octanol–water partition coefficient (Wildman–Crippen LogP) is 3.74. The predicted molar refractivity (Wildman–Crippen MR) is 119 cm³/mol. The van der Waals surface area contributed by atoms with Crippen molar-refractivity contribution in [1.82, 2.24) is 0 Å². The molecule has 6 rings (SSSR count). The zero-order valence-electron chi connectivity index (χ0n) is 20.1. The number of rotatable bonds is 3. The van der Waals surface area contributed by atoms with Crippen LogP contribution in [-0.4, -0.2) is 43.1 Å². The Morgan fingerprint density at radius 1 is 1.21 bits per heavy atom. The molecule has 34 heavy (non-hydrogen) atoms. The number of hydrogen-bond donors (Lipinski definition) is 0. The number of carbonyl (C=O) groups excluding carboxylic acids is 3. The van der Waals surface area contributed by atoms with Crippen molar-refractivity contribution >= 4 is 17.7 Å². The molecule has 7 heteroatoms. The van der Waals surface area contributed by atoms with E-state index >= 15 is 0 Å². The molecule has 0 bridgehead atoms. The molecule has 0 N–H and O–H groups in total. The zero-order chi connectivity index (χ0) is 24.2. The van der Waals surface area contributed by atoms with Crippen LogP contribution in [0.2, 0.25) is 0 Å². The van der Waals surface area contributed by atoms with Crippen molar-refractivity contribution in [3.63, 3.8) is 0 Å². The van der Waals surface area contributed by atoms with Crippen LogP contribution in [0.1, 0.15) is 52.0 Å². The van der Waals surface area contributed by atoms with E-state index in [1.165, 1.54) is 18.8 Å². The number of hydrogen-bond acceptors (Lipinski definition) is 7. The van der Waals surface area contributed by atoms with Crippen LogP contribution in [0, 0.1) is 28.1 Å². The van der Waals surface area contributed by atoms with Crippen molar-refractivity contribution in [3.05, 3.63) is 47.5 Å². The van der Waals surface area contributed by atoms with Crippen LogP contribution in [0.25, 0.3) is 0 Å². The van der Waals surface area contributed by atoms with Gasteiger partial charge in [-0.2, -0.15) is 0 Å². The number of methoxy groups -OCH3 is 1. The lowest BCUT2D eigenvalue weighted by molar-refractivity contribution is -0.190. The molecule has 7 nitrogen and oxygen atoms in total. The summed E-state index contributed by atoms with van der Waals surface area (Å²) in [4.78, 5) is 39.6. The first-order chi connectivity index (χ1) is 16.1. The molecule has 180 valence electrons. The number of furan rings is 1. The summed E-state index contributed by atoms with van der Waals surface area (Å²) in [5, 5.41) is 0. The highest BCUT2D eigenvalue weighted by Gasteiger charge is 2.77. The second kappa shape index (κ2) is 6.72. The van der Waals surface area contributed by atoms with E-state index in [1.54, 1.807) is 18.6 Å². The van der Waals surface area contributed by atoms with E-state index in [1.807, 2.05) is 19.9 Å². The largest absolute Gasteiger partial charge is 0.472 e. The number of carbonyl (C=O) groups is 3. The van der Waals surface area contributed by atoms with Crippen LogP contribution < -0.4 is 0 Å². The van der Waals surface area contributed by atoms with Crippen LogP contribution in [0.4, 0.5) is 0 Å². The van der Waals surface area contributed by atoms with Crippen molar-refractivity contribution in [2.75, 3.05) is 7.11 Å². The molecule has 5 aliphatic rings. The maximum absolute atomic E-state index is 13.7. The third-order valence-electron chi connectivity index (χ3n) is 9.91. The average molecular weight is 467 g/mol. The van der Waals surface area contributed by atoms with E-state index in [9.17, 15) is 14.4 Å². The molecule has 0 amide bonds. The Labute approximate surface area is 198 Å². The summed E-state index contributed by atoms with van der Waals surface area (Å²) < 4.78 is 23.2. The lowest BCUT2D eigenvalue weighted by Gasteiger charge is -2.59. The molecule has 3 aliphatic carbocycles. The summed E-state index contributed by atoms with van der Waals surface area (Å²) in [7, 11) is 1.37. The number of fused-ring (bicyclic) bond motifs is 4. The van der Waals surface area contributed by atoms with Gasteiger partial charge in [0.1, 0.15) is 12.2 Å². The third-order valence-corrected chi connectivity index (χ3v) is 9.91. The fourth-order valence-corrected chi connectivity index (χ4v) is 8.41. The fraction of sp³-hybridized carbons (Fsp3) is 0.593. The summed E-state index contributed by atoms with van der Waals surface area (Å²) in [6, 6.07) is 1.97. The Morgan fingerprint density at radius 2 is 1.97 bits per heavy atom. The van der Waals surface area contributed by atoms with Crippen LogP contribution in [0.15, 0.2) is 46.3 Å². The Bertz CT molecular complexity index is 1160. The quantitative estimate of drug-likeness (QED) is 0.495. The Hall–Kier alpha value is -2.67. The van der Waals surface area contributed by atoms with E-state index in [2.05, 4.69) is 13.8 Å². The number of esters is 2. The molecule has 3 heterocycles. The maximum Gasteiger partial charge on any atom is 0.316 e. The van der Waals surface area contributed by atoms with Crippen LogP contribution in [-0.2, 0) is 28.6 Å². The molecule has 2 unspecified atom stereocenters. The van der Waals surface area contributed by atoms with Gasteiger partial charge in [-0.1, -0.05) is 25.5 Å². The second-order valence-corrected chi connectivity index (χ2v) is 11.2. The summed E-state index contributed by atoms with van der Waals surface area (Å²) in [5.41, 5.74) is 0.794. The molecule has 2 aliphatic heterocycles. The molecule has 1 aromatic rings. The van der Waals surface area contributed by atoms with Gasteiger partial charge in [-0.3, -0.25) is 14.4 Å². The first-order valence-electron chi connectivity index (χ1n) is 12.0. The van der Waals surface area contributed by atoms with E-state index in [0.29, 0.717) is 0 Å². The SMILES string of the molecule is COC(=O)CC1[C@@]2(C)C(=O)C=C[C@@]3(C)C(=O)O[C@H](C23)[C@H]2O[C@H]3C[C@@H](c4ccoc4)C(C)=C3[C@@]12C. The van der Waals surface area contributed by atoms with Crippen molar-refractivity contribution in [3.8, 4) is 0 Å². The van der Waals surface area contributed by atoms with Crippen LogP contribution >= 0.6 is 0 Å². The van der Waals surface area contributed by atoms with Gasteiger partial charge in [0.05, 0.1) is 37.6 Å². The molecule has 0 spiro atoms. The minimum Gasteiger partial charge on any atom is -0.472 e. The molecular formula is C27H30O7. The van der Waals surface area contributed by atoms with Crippen molar-refractivity contribution in [2.45, 2.75) is 64.8 Å². The van der Waals surface area contributed by atoms with Crippen molar-refractivity contribution < 1.29 is 33.0 Å². The third kappa shape index (κ3) is 2.34. The zero-order valence-corrected chi connectivity index (χ0v) is 20.1. The Kier molecular flexibility index (Phi) is 4.31. The van der Waals surface area contributed by atoms with Crippen molar-refractivity contribution in [2.24, 2.45) is 28.1 Å². The second-order valence-electron chi connectivity index (χ2n) is 11.2. The Balaban J connectivity index is 1.58. The molecule has 9 atom stereocenters. The van der Waals surface area contributed by atoms with Gasteiger partial charge in [0.15, 0.2) is 5.78 Å². The van der Waals surface area contributed by atoms with Gasteiger partial charge in [-0.25, -0.2) is 0 Å². The first kappa shape index (κ1) is 21.8. The standard InChI is InChI=1S/C27H30O7/c1-13-15(14-7-9-32-12-14)10-16-20(13)27(4)17(11-19(29)31-5)26(3)18(28)6-8-25(2)22(26)21(23(27)33-16)34-24(25)30/h6-9,12,15-17,21-23H,10-11H2,1-5H3/t15-,16+,17?,21-,22?,23-,25-,26+,27-/m1/s1. The van der Waals surface area contributed by atoms with Crippen molar-refractivity contribution in [1.29, 1.82) is 0 Å². The normalized spacial score (nSPS) is 46.3.